The van der Waals surface area contributed by atoms with Gasteiger partial charge in [0.1, 0.15) is 27.8 Å². The number of methoxy groups -OCH3 is 1. The Morgan fingerprint density at radius 3 is 2.67 bits per heavy atom. The Bertz CT molecular complexity index is 1500. The molecule has 0 radical (unpaired) electrons. The molecule has 1 N–H and O–H groups in total. The molecule has 4 heterocycles. The zero-order valence-electron chi connectivity index (χ0n) is 20.1. The second kappa shape index (κ2) is 9.92. The minimum atomic E-state index is -4.03. The molecule has 1 aliphatic heterocycles. The molecule has 0 aliphatic carbocycles. The van der Waals surface area contributed by atoms with Gasteiger partial charge < -0.3 is 14.6 Å². The highest BCUT2D eigenvalue weighted by Crippen LogP contribution is 2.33. The van der Waals surface area contributed by atoms with Crippen molar-refractivity contribution in [3.8, 4) is 16.9 Å². The summed E-state index contributed by atoms with van der Waals surface area (Å²) in [5, 5.41) is 0. The van der Waals surface area contributed by atoms with Crippen LogP contribution >= 0.6 is 0 Å². The number of imidazole rings is 1. The van der Waals surface area contributed by atoms with E-state index in [0.29, 0.717) is 55.7 Å². The number of aromatic amines is 1. The van der Waals surface area contributed by atoms with Crippen LogP contribution in [0.15, 0.2) is 53.7 Å². The number of ether oxygens (including phenoxy) is 1. The van der Waals surface area contributed by atoms with E-state index in [4.69, 9.17) is 4.74 Å². The highest BCUT2D eigenvalue weighted by Gasteiger charge is 2.32. The molecule has 1 aromatic carbocycles. The number of fused-ring (bicyclic) bond motifs is 1. The molecule has 1 fully saturated rings. The number of sulfonamides is 1. The van der Waals surface area contributed by atoms with E-state index in [1.165, 1.54) is 16.4 Å². The lowest BCUT2D eigenvalue weighted by Crippen LogP contribution is -2.47. The number of likely N-dealkylation sites (N-methyl/N-ethyl adjacent to an activating group) is 1. The number of hydrogen-bond acceptors (Lipinski definition) is 7. The summed E-state index contributed by atoms with van der Waals surface area (Å²) >= 11 is 0. The summed E-state index contributed by atoms with van der Waals surface area (Å²) in [5.74, 6) is 0.692. The summed E-state index contributed by atoms with van der Waals surface area (Å²) in [7, 11) is -0.481. The molecule has 1 aliphatic rings. The Balaban J connectivity index is 1.44. The summed E-state index contributed by atoms with van der Waals surface area (Å²) in [5.41, 5.74) is 2.79. The molecule has 0 saturated carbocycles. The maximum Gasteiger partial charge on any atom is 0.246 e. The van der Waals surface area contributed by atoms with Crippen molar-refractivity contribution in [2.45, 2.75) is 17.7 Å². The molecule has 0 amide bonds. The number of piperazine rings is 1. The predicted octanol–water partition coefficient (Wildman–Crippen LogP) is 2.89. The van der Waals surface area contributed by atoms with Crippen molar-refractivity contribution in [3.63, 3.8) is 0 Å². The van der Waals surface area contributed by atoms with Gasteiger partial charge in [-0.1, -0.05) is 12.1 Å². The molecule has 4 aromatic rings. The molecule has 0 unspecified atom stereocenters. The van der Waals surface area contributed by atoms with Crippen molar-refractivity contribution in [3.05, 3.63) is 66.1 Å². The molecule has 9 nitrogen and oxygen atoms in total. The number of rotatable bonds is 7. The van der Waals surface area contributed by atoms with Gasteiger partial charge in [0.05, 0.1) is 7.11 Å². The van der Waals surface area contributed by atoms with Crippen LogP contribution in [0, 0.1) is 5.82 Å². The molecule has 0 bridgehead atoms. The third-order valence-corrected chi connectivity index (χ3v) is 8.34. The molecule has 1 saturated heterocycles. The Morgan fingerprint density at radius 2 is 1.89 bits per heavy atom. The highest BCUT2D eigenvalue weighted by atomic mass is 32.2. The molecular formula is C25H27FN6O3S. The number of aryl methyl sites for hydroxylation is 2. The van der Waals surface area contributed by atoms with E-state index in [0.717, 1.165) is 17.3 Å². The molecule has 0 atom stereocenters. The fourth-order valence-electron chi connectivity index (χ4n) is 4.33. The number of nitrogens with one attached hydrogen (secondary N) is 1. The number of nitrogens with zero attached hydrogens (tertiary/aromatic N) is 5. The number of aromatic nitrogens is 4. The molecule has 11 heteroatoms. The van der Waals surface area contributed by atoms with Gasteiger partial charge in [0.25, 0.3) is 0 Å². The Hall–Kier alpha value is -3.41. The second-order valence-corrected chi connectivity index (χ2v) is 10.7. The minimum absolute atomic E-state index is 0.272. The summed E-state index contributed by atoms with van der Waals surface area (Å²) in [6.45, 7) is 1.82. The molecule has 5 rings (SSSR count). The SMILES string of the molecule is COc1ccnc(CCc2nc3cc(-c4cccc(F)c4S(=O)(=O)N4CCN(C)CC4)cnc3[nH]2)c1. The normalized spacial score (nSPS) is 15.4. The Kier molecular flexibility index (Phi) is 6.69. The summed E-state index contributed by atoms with van der Waals surface area (Å²) in [4.78, 5) is 18.4. The van der Waals surface area contributed by atoms with Crippen LogP contribution in [-0.4, -0.2) is 77.9 Å². The largest absolute Gasteiger partial charge is 0.497 e. The first-order valence-corrected chi connectivity index (χ1v) is 13.1. The van der Waals surface area contributed by atoms with Crippen molar-refractivity contribution in [2.24, 2.45) is 0 Å². The maximum absolute atomic E-state index is 15.0. The van der Waals surface area contributed by atoms with E-state index in [2.05, 4.69) is 19.9 Å². The lowest BCUT2D eigenvalue weighted by molar-refractivity contribution is 0.222. The fourth-order valence-corrected chi connectivity index (χ4v) is 6.01. The van der Waals surface area contributed by atoms with E-state index < -0.39 is 15.8 Å². The zero-order valence-corrected chi connectivity index (χ0v) is 20.9. The number of H-pyrrole nitrogens is 1. The lowest BCUT2D eigenvalue weighted by Gasteiger charge is -2.32. The van der Waals surface area contributed by atoms with Crippen LogP contribution in [0.2, 0.25) is 0 Å². The third kappa shape index (κ3) is 4.81. The van der Waals surface area contributed by atoms with Crippen molar-refractivity contribution in [1.82, 2.24) is 29.1 Å². The first kappa shape index (κ1) is 24.3. The summed E-state index contributed by atoms with van der Waals surface area (Å²) < 4.78 is 48.5. The van der Waals surface area contributed by atoms with Gasteiger partial charge in [-0.15, -0.1) is 0 Å². The van der Waals surface area contributed by atoms with Gasteiger partial charge in [-0.05, 0) is 31.7 Å². The first-order valence-electron chi connectivity index (χ1n) is 11.7. The van der Waals surface area contributed by atoms with E-state index >= 15 is 4.39 Å². The average molecular weight is 511 g/mol. The average Bonchev–Trinajstić information content (AvgIpc) is 3.30. The number of hydrogen-bond donors (Lipinski definition) is 1. The van der Waals surface area contributed by atoms with Gasteiger partial charge in [-0.3, -0.25) is 4.98 Å². The van der Waals surface area contributed by atoms with Crippen LogP contribution in [0.5, 0.6) is 5.75 Å². The quantitative estimate of drug-likeness (QED) is 0.408. The van der Waals surface area contributed by atoms with Crippen LogP contribution in [0.4, 0.5) is 4.39 Å². The Morgan fingerprint density at radius 1 is 1.08 bits per heavy atom. The van der Waals surface area contributed by atoms with E-state index in [-0.39, 0.29) is 10.5 Å². The van der Waals surface area contributed by atoms with Crippen LogP contribution in [-0.2, 0) is 22.9 Å². The third-order valence-electron chi connectivity index (χ3n) is 6.37. The molecule has 0 spiro atoms. The first-order chi connectivity index (χ1) is 17.3. The maximum atomic E-state index is 15.0. The van der Waals surface area contributed by atoms with Crippen molar-refractivity contribution < 1.29 is 17.5 Å². The van der Waals surface area contributed by atoms with Gasteiger partial charge in [0.15, 0.2) is 5.65 Å². The molecule has 36 heavy (non-hydrogen) atoms. The van der Waals surface area contributed by atoms with Gasteiger partial charge in [-0.25, -0.2) is 22.8 Å². The second-order valence-electron chi connectivity index (χ2n) is 8.79. The summed E-state index contributed by atoms with van der Waals surface area (Å²) in [6.07, 6.45) is 4.51. The lowest BCUT2D eigenvalue weighted by atomic mass is 10.1. The highest BCUT2D eigenvalue weighted by molar-refractivity contribution is 7.89. The van der Waals surface area contributed by atoms with Gasteiger partial charge in [-0.2, -0.15) is 4.31 Å². The van der Waals surface area contributed by atoms with Crippen LogP contribution in [0.1, 0.15) is 11.5 Å². The Labute approximate surface area is 209 Å². The van der Waals surface area contributed by atoms with Gasteiger partial charge in [0, 0.05) is 67.9 Å². The van der Waals surface area contributed by atoms with E-state index in [1.54, 1.807) is 37.7 Å². The van der Waals surface area contributed by atoms with E-state index in [1.807, 2.05) is 18.0 Å². The van der Waals surface area contributed by atoms with Crippen LogP contribution < -0.4 is 4.74 Å². The minimum Gasteiger partial charge on any atom is -0.497 e. The smallest absolute Gasteiger partial charge is 0.246 e. The van der Waals surface area contributed by atoms with Gasteiger partial charge >= 0.3 is 0 Å². The van der Waals surface area contributed by atoms with Crippen molar-refractivity contribution in [2.75, 3.05) is 40.3 Å². The standard InChI is InChI=1S/C25H27FN6O3S/c1-31-10-12-32(13-11-31)36(33,34)24-20(4-3-5-21(24)26)17-14-22-25(28-16-17)30-23(29-22)7-6-18-15-19(35-2)8-9-27-18/h3-5,8-9,14-16H,6-7,10-13H2,1-2H3,(H,28,29,30). The predicted molar refractivity (Wildman–Crippen MR) is 134 cm³/mol. The number of benzene rings is 1. The van der Waals surface area contributed by atoms with Crippen LogP contribution in [0.3, 0.4) is 0 Å². The molecular weight excluding hydrogens is 483 g/mol. The number of halogens is 1. The van der Waals surface area contributed by atoms with Crippen molar-refractivity contribution >= 4 is 21.2 Å². The fraction of sp³-hybridized carbons (Fsp3) is 0.320. The summed E-state index contributed by atoms with van der Waals surface area (Å²) in [6, 6.07) is 9.71. The van der Waals surface area contributed by atoms with E-state index in [9.17, 15) is 8.42 Å². The molecule has 188 valence electrons. The molecule has 3 aromatic heterocycles. The zero-order chi connectivity index (χ0) is 25.3. The van der Waals surface area contributed by atoms with Crippen LogP contribution in [0.25, 0.3) is 22.3 Å². The topological polar surface area (TPSA) is 104 Å². The monoisotopic (exact) mass is 510 g/mol. The van der Waals surface area contributed by atoms with Gasteiger partial charge in [0.2, 0.25) is 10.0 Å². The van der Waals surface area contributed by atoms with Crippen molar-refractivity contribution in [1.29, 1.82) is 0 Å². The number of pyridine rings is 2.